The van der Waals surface area contributed by atoms with Gasteiger partial charge in [0.05, 0.1) is 6.10 Å². The van der Waals surface area contributed by atoms with Gasteiger partial charge in [-0.1, -0.05) is 32.9 Å². The number of hydrogen-bond acceptors (Lipinski definition) is 5. The summed E-state index contributed by atoms with van der Waals surface area (Å²) in [6.45, 7) is 10.5. The molecule has 1 fully saturated rings. The number of aromatic nitrogens is 1. The second kappa shape index (κ2) is 10.2. The average Bonchev–Trinajstić information content (AvgIpc) is 2.74. The lowest BCUT2D eigenvalue weighted by atomic mass is 9.87. The van der Waals surface area contributed by atoms with E-state index in [-0.39, 0.29) is 35.1 Å². The minimum atomic E-state index is -0.376. The van der Waals surface area contributed by atoms with Crippen LogP contribution in [0.5, 0.6) is 5.75 Å². The van der Waals surface area contributed by atoms with Crippen LogP contribution in [0.15, 0.2) is 47.4 Å². The Bertz CT molecular complexity index is 1030. The van der Waals surface area contributed by atoms with Crippen LogP contribution in [-0.2, 0) is 16.0 Å². The molecule has 1 aliphatic heterocycles. The van der Waals surface area contributed by atoms with E-state index in [2.05, 4.69) is 0 Å². The predicted octanol–water partition coefficient (Wildman–Crippen LogP) is 4.38. The normalized spacial score (nSPS) is 14.9. The first-order valence-corrected chi connectivity index (χ1v) is 11.5. The van der Waals surface area contributed by atoms with Gasteiger partial charge < -0.3 is 14.4 Å². The van der Waals surface area contributed by atoms with E-state index < -0.39 is 0 Å². The van der Waals surface area contributed by atoms with E-state index in [0.29, 0.717) is 38.1 Å². The largest absolute Gasteiger partial charge is 0.490 e. The van der Waals surface area contributed by atoms with E-state index >= 15 is 0 Å². The molecular weight excluding hydrogens is 420 g/mol. The minimum Gasteiger partial charge on any atom is -0.490 e. The van der Waals surface area contributed by atoms with E-state index in [4.69, 9.17) is 9.47 Å². The van der Waals surface area contributed by atoms with E-state index in [9.17, 15) is 14.4 Å². The maximum Gasteiger partial charge on any atom is 0.410 e. The smallest absolute Gasteiger partial charge is 0.410 e. The number of rotatable bonds is 6. The molecule has 0 atom stereocenters. The molecule has 0 N–H and O–H groups in total. The summed E-state index contributed by atoms with van der Waals surface area (Å²) in [5.74, 6) is 0.698. The zero-order valence-corrected chi connectivity index (χ0v) is 20.2. The van der Waals surface area contributed by atoms with Crippen LogP contribution in [0.1, 0.15) is 53.0 Å². The third-order valence-corrected chi connectivity index (χ3v) is 5.65. The summed E-state index contributed by atoms with van der Waals surface area (Å²) in [5.41, 5.74) is 1.09. The van der Waals surface area contributed by atoms with Crippen LogP contribution in [0.2, 0.25) is 0 Å². The Morgan fingerprint density at radius 1 is 1.06 bits per heavy atom. The lowest BCUT2D eigenvalue weighted by Gasteiger charge is -2.32. The summed E-state index contributed by atoms with van der Waals surface area (Å²) in [6.07, 6.45) is 2.96. The molecule has 178 valence electrons. The molecule has 0 bridgehead atoms. The number of benzene rings is 1. The first kappa shape index (κ1) is 24.6. The van der Waals surface area contributed by atoms with Crippen molar-refractivity contribution in [2.45, 2.75) is 66.1 Å². The van der Waals surface area contributed by atoms with Gasteiger partial charge in [0.1, 0.15) is 17.6 Å². The topological polar surface area (TPSA) is 77.8 Å². The number of amides is 1. The highest BCUT2D eigenvalue weighted by molar-refractivity contribution is 5.85. The average molecular weight is 455 g/mol. The molecule has 0 spiro atoms. The fraction of sp³-hybridized carbons (Fsp3) is 0.500. The zero-order chi connectivity index (χ0) is 24.2. The van der Waals surface area contributed by atoms with Gasteiger partial charge in [0.25, 0.3) is 5.56 Å². The highest BCUT2D eigenvalue weighted by Gasteiger charge is 2.25. The van der Waals surface area contributed by atoms with Crippen molar-refractivity contribution in [3.63, 3.8) is 0 Å². The monoisotopic (exact) mass is 454 g/mol. The molecule has 33 heavy (non-hydrogen) atoms. The van der Waals surface area contributed by atoms with E-state index in [1.165, 1.54) is 6.07 Å². The van der Waals surface area contributed by atoms with Gasteiger partial charge >= 0.3 is 6.09 Å². The highest BCUT2D eigenvalue weighted by atomic mass is 16.6. The quantitative estimate of drug-likeness (QED) is 0.647. The van der Waals surface area contributed by atoms with Gasteiger partial charge in [0.15, 0.2) is 0 Å². The zero-order valence-electron chi connectivity index (χ0n) is 20.2. The van der Waals surface area contributed by atoms with Gasteiger partial charge in [-0.3, -0.25) is 14.2 Å². The number of piperidine rings is 1. The second-order valence-electron chi connectivity index (χ2n) is 9.82. The second-order valence-corrected chi connectivity index (χ2v) is 9.82. The SMILES string of the molecule is CC(C)OC(=O)N1CCC(Oc2ccn(-c3ccc(CC(=O)C(C)(C)C)cc3)c(=O)c2)CC1. The van der Waals surface area contributed by atoms with Gasteiger partial charge in [0.2, 0.25) is 0 Å². The Hall–Kier alpha value is -3.09. The maximum absolute atomic E-state index is 12.7. The molecule has 7 heteroatoms. The first-order chi connectivity index (χ1) is 15.5. The number of ether oxygens (including phenoxy) is 2. The number of carbonyl (C=O) groups is 2. The summed E-state index contributed by atoms with van der Waals surface area (Å²) in [7, 11) is 0. The van der Waals surface area contributed by atoms with Crippen LogP contribution in [0, 0.1) is 5.41 Å². The van der Waals surface area contributed by atoms with Crippen molar-refractivity contribution in [1.82, 2.24) is 9.47 Å². The summed E-state index contributed by atoms with van der Waals surface area (Å²) >= 11 is 0. The van der Waals surface area contributed by atoms with Gasteiger partial charge in [-0.2, -0.15) is 0 Å². The lowest BCUT2D eigenvalue weighted by Crippen LogP contribution is -2.42. The Kier molecular flexibility index (Phi) is 7.61. The van der Waals surface area contributed by atoms with Crippen LogP contribution in [0.3, 0.4) is 0 Å². The Labute approximate surface area is 195 Å². The molecule has 1 aliphatic rings. The van der Waals surface area contributed by atoms with E-state index in [0.717, 1.165) is 11.3 Å². The van der Waals surface area contributed by atoms with Gasteiger partial charge in [-0.15, -0.1) is 0 Å². The molecule has 0 unspecified atom stereocenters. The van der Waals surface area contributed by atoms with E-state index in [1.807, 2.05) is 58.9 Å². The summed E-state index contributed by atoms with van der Waals surface area (Å²) in [4.78, 5) is 38.6. The first-order valence-electron chi connectivity index (χ1n) is 11.5. The van der Waals surface area contributed by atoms with Crippen LogP contribution in [0.4, 0.5) is 4.79 Å². The van der Waals surface area contributed by atoms with Gasteiger partial charge in [-0.05, 0) is 37.6 Å². The third-order valence-electron chi connectivity index (χ3n) is 5.65. The number of Topliss-reactive ketones (excluding diaryl/α,β-unsaturated/α-hetero) is 1. The number of nitrogens with zero attached hydrogens (tertiary/aromatic N) is 2. The standard InChI is InChI=1S/C26H34N2O5/c1-18(2)32-25(31)27-13-10-21(11-14-27)33-22-12-15-28(24(30)17-22)20-8-6-19(7-9-20)16-23(29)26(3,4)5/h6-9,12,15,17-18,21H,10-11,13-14,16H2,1-5H3. The minimum absolute atomic E-state index is 0.0528. The number of likely N-dealkylation sites (tertiary alicyclic amines) is 1. The van der Waals surface area contributed by atoms with Crippen LogP contribution in [-0.4, -0.2) is 46.6 Å². The number of carbonyl (C=O) groups excluding carboxylic acids is 2. The highest BCUT2D eigenvalue weighted by Crippen LogP contribution is 2.20. The molecule has 0 radical (unpaired) electrons. The van der Waals surface area contributed by atoms with Crippen LogP contribution in [0.25, 0.3) is 5.69 Å². The summed E-state index contributed by atoms with van der Waals surface area (Å²) in [5, 5.41) is 0. The predicted molar refractivity (Wildman–Crippen MR) is 127 cm³/mol. The molecule has 2 heterocycles. The summed E-state index contributed by atoms with van der Waals surface area (Å²) in [6, 6.07) is 10.7. The fourth-order valence-electron chi connectivity index (χ4n) is 3.60. The van der Waals surface area contributed by atoms with Gasteiger partial charge in [0, 0.05) is 55.7 Å². The molecule has 0 saturated carbocycles. The number of pyridine rings is 1. The third kappa shape index (κ3) is 6.70. The summed E-state index contributed by atoms with van der Waals surface area (Å²) < 4.78 is 12.8. The molecule has 1 aromatic heterocycles. The van der Waals surface area contributed by atoms with Crippen molar-refractivity contribution in [2.24, 2.45) is 5.41 Å². The molecular formula is C26H34N2O5. The Morgan fingerprint density at radius 2 is 1.70 bits per heavy atom. The molecule has 0 aliphatic carbocycles. The van der Waals surface area contributed by atoms with Crippen molar-refractivity contribution in [3.8, 4) is 11.4 Å². The van der Waals surface area contributed by atoms with Crippen LogP contribution < -0.4 is 10.3 Å². The fourth-order valence-corrected chi connectivity index (χ4v) is 3.60. The van der Waals surface area contributed by atoms with Crippen molar-refractivity contribution in [3.05, 3.63) is 58.5 Å². The lowest BCUT2D eigenvalue weighted by molar-refractivity contribution is -0.125. The number of hydrogen-bond donors (Lipinski definition) is 0. The molecule has 1 saturated heterocycles. The Balaban J connectivity index is 1.59. The van der Waals surface area contributed by atoms with Gasteiger partial charge in [-0.25, -0.2) is 4.79 Å². The molecule has 7 nitrogen and oxygen atoms in total. The molecule has 3 rings (SSSR count). The van der Waals surface area contributed by atoms with E-state index in [1.54, 1.807) is 21.7 Å². The molecule has 1 aromatic carbocycles. The molecule has 2 aromatic rings. The van der Waals surface area contributed by atoms with Crippen molar-refractivity contribution >= 4 is 11.9 Å². The Morgan fingerprint density at radius 3 is 2.24 bits per heavy atom. The van der Waals surface area contributed by atoms with Crippen LogP contribution >= 0.6 is 0 Å². The van der Waals surface area contributed by atoms with Crippen molar-refractivity contribution < 1.29 is 19.1 Å². The number of ketones is 1. The maximum atomic E-state index is 12.7. The van der Waals surface area contributed by atoms with Crippen molar-refractivity contribution in [1.29, 1.82) is 0 Å². The van der Waals surface area contributed by atoms with Crippen molar-refractivity contribution in [2.75, 3.05) is 13.1 Å². The molecule has 1 amide bonds.